The van der Waals surface area contributed by atoms with Crippen LogP contribution in [0, 0.1) is 0 Å². The van der Waals surface area contributed by atoms with Crippen molar-refractivity contribution in [2.75, 3.05) is 6.61 Å². The molecule has 31 heavy (non-hydrogen) atoms. The molecule has 158 valence electrons. The van der Waals surface area contributed by atoms with Gasteiger partial charge >= 0.3 is 11.9 Å². The minimum atomic E-state index is -0.710. The third kappa shape index (κ3) is 3.68. The second-order valence-electron chi connectivity index (χ2n) is 6.72. The summed E-state index contributed by atoms with van der Waals surface area (Å²) >= 11 is 0. The van der Waals surface area contributed by atoms with Gasteiger partial charge in [-0.3, -0.25) is 4.79 Å². The Morgan fingerprint density at radius 2 is 1.61 bits per heavy atom. The zero-order valence-electron chi connectivity index (χ0n) is 17.1. The summed E-state index contributed by atoms with van der Waals surface area (Å²) in [5.41, 5.74) is 0.651. The van der Waals surface area contributed by atoms with Crippen molar-refractivity contribution >= 4 is 33.7 Å². The summed E-state index contributed by atoms with van der Waals surface area (Å²) < 4.78 is 17.4. The van der Waals surface area contributed by atoms with Crippen LogP contribution in [0.15, 0.2) is 57.7 Å². The molecule has 0 N–H and O–H groups in total. The number of carbonyl (C=O) groups is 2. The highest BCUT2D eigenvalue weighted by atomic mass is 16.5. The van der Waals surface area contributed by atoms with Gasteiger partial charge in [-0.15, -0.1) is 0 Å². The van der Waals surface area contributed by atoms with Crippen molar-refractivity contribution in [3.63, 3.8) is 0 Å². The van der Waals surface area contributed by atoms with Crippen LogP contribution in [0.25, 0.3) is 21.7 Å². The van der Waals surface area contributed by atoms with Gasteiger partial charge in [0, 0.05) is 17.3 Å². The maximum absolute atomic E-state index is 12.9. The summed E-state index contributed by atoms with van der Waals surface area (Å²) in [7, 11) is 0. The summed E-state index contributed by atoms with van der Waals surface area (Å²) in [6.45, 7) is 3.74. The number of benzene rings is 2. The second kappa shape index (κ2) is 8.43. The molecule has 0 fully saturated rings. The number of aryl methyl sites for hydroxylation is 1. The van der Waals surface area contributed by atoms with E-state index in [9.17, 15) is 14.4 Å². The van der Waals surface area contributed by atoms with Crippen LogP contribution < -0.4 is 5.56 Å². The monoisotopic (exact) mass is 420 g/mol. The van der Waals surface area contributed by atoms with Crippen LogP contribution in [-0.2, 0) is 22.6 Å². The number of carbonyl (C=O) groups excluding carboxylic acids is 2. The van der Waals surface area contributed by atoms with Crippen LogP contribution in [0.2, 0.25) is 0 Å². The average molecular weight is 420 g/mol. The van der Waals surface area contributed by atoms with Gasteiger partial charge in [0.2, 0.25) is 5.76 Å². The second-order valence-corrected chi connectivity index (χ2v) is 6.72. The smallest absolute Gasteiger partial charge is 0.374 e. The molecule has 2 aromatic carbocycles. The Balaban J connectivity index is 1.71. The van der Waals surface area contributed by atoms with Crippen molar-refractivity contribution in [3.05, 3.63) is 75.9 Å². The lowest BCUT2D eigenvalue weighted by molar-refractivity contribution is 0.0431. The first kappa shape index (κ1) is 20.3. The summed E-state index contributed by atoms with van der Waals surface area (Å²) in [6.07, 6.45) is 0. The molecule has 0 atom stereocenters. The number of fused-ring (bicyclic) bond motifs is 2. The van der Waals surface area contributed by atoms with Crippen molar-refractivity contribution in [3.8, 4) is 0 Å². The first-order valence-corrected chi connectivity index (χ1v) is 9.89. The van der Waals surface area contributed by atoms with E-state index in [-0.39, 0.29) is 30.2 Å². The van der Waals surface area contributed by atoms with Crippen LogP contribution in [-0.4, -0.2) is 28.3 Å². The Morgan fingerprint density at radius 3 is 2.32 bits per heavy atom. The van der Waals surface area contributed by atoms with Crippen LogP contribution >= 0.6 is 0 Å². The standard InChI is InChI=1S/C23H20N2O6/c1-3-25-21(26)16-11-6-5-10-15(16)19(24-25)22(27)30-13-17-14-9-7-8-12-18(14)31-20(17)23(28)29-4-2/h5-12H,3-4,13H2,1-2H3. The maximum atomic E-state index is 12.9. The van der Waals surface area contributed by atoms with E-state index in [0.717, 1.165) is 0 Å². The van der Waals surface area contributed by atoms with Crippen molar-refractivity contribution in [1.82, 2.24) is 9.78 Å². The van der Waals surface area contributed by atoms with Gasteiger partial charge in [-0.25, -0.2) is 14.3 Å². The maximum Gasteiger partial charge on any atom is 0.374 e. The quantitative estimate of drug-likeness (QED) is 0.439. The fourth-order valence-electron chi connectivity index (χ4n) is 3.41. The molecule has 0 spiro atoms. The Morgan fingerprint density at radius 1 is 0.935 bits per heavy atom. The molecule has 8 nitrogen and oxygen atoms in total. The van der Waals surface area contributed by atoms with E-state index in [1.54, 1.807) is 62.4 Å². The average Bonchev–Trinajstić information content (AvgIpc) is 3.17. The zero-order chi connectivity index (χ0) is 22.0. The van der Waals surface area contributed by atoms with Crippen LogP contribution in [0.5, 0.6) is 0 Å². The van der Waals surface area contributed by atoms with Gasteiger partial charge in [-0.2, -0.15) is 5.10 Å². The van der Waals surface area contributed by atoms with E-state index in [2.05, 4.69) is 5.10 Å². The van der Waals surface area contributed by atoms with Gasteiger partial charge in [0.05, 0.1) is 17.6 Å². The van der Waals surface area contributed by atoms with Gasteiger partial charge < -0.3 is 13.9 Å². The van der Waals surface area contributed by atoms with Crippen molar-refractivity contribution < 1.29 is 23.5 Å². The molecule has 0 aliphatic heterocycles. The minimum absolute atomic E-state index is 0.00723. The summed E-state index contributed by atoms with van der Waals surface area (Å²) in [5.74, 6) is -1.35. The highest BCUT2D eigenvalue weighted by Crippen LogP contribution is 2.28. The number of nitrogens with zero attached hydrogens (tertiary/aromatic N) is 2. The largest absolute Gasteiger partial charge is 0.460 e. The highest BCUT2D eigenvalue weighted by Gasteiger charge is 2.24. The van der Waals surface area contributed by atoms with Gasteiger partial charge in [0.25, 0.3) is 5.56 Å². The van der Waals surface area contributed by atoms with Gasteiger partial charge in [0.15, 0.2) is 5.69 Å². The lowest BCUT2D eigenvalue weighted by atomic mass is 10.1. The fourth-order valence-corrected chi connectivity index (χ4v) is 3.41. The summed E-state index contributed by atoms with van der Waals surface area (Å²) in [5, 5.41) is 5.62. The lowest BCUT2D eigenvalue weighted by Gasteiger charge is -2.10. The van der Waals surface area contributed by atoms with Gasteiger partial charge in [-0.05, 0) is 26.0 Å². The normalized spacial score (nSPS) is 11.0. The molecule has 0 saturated carbocycles. The highest BCUT2D eigenvalue weighted by molar-refractivity contribution is 6.02. The first-order valence-electron chi connectivity index (χ1n) is 9.89. The molecule has 8 heteroatoms. The van der Waals surface area contributed by atoms with Crippen LogP contribution in [0.4, 0.5) is 0 Å². The summed E-state index contributed by atoms with van der Waals surface area (Å²) in [6, 6.07) is 13.8. The molecule has 4 rings (SSSR count). The Labute approximate surface area is 177 Å². The third-order valence-electron chi connectivity index (χ3n) is 4.87. The molecule has 0 amide bonds. The molecule has 4 aromatic rings. The molecule has 0 unspecified atom stereocenters. The Bertz CT molecular complexity index is 1350. The summed E-state index contributed by atoms with van der Waals surface area (Å²) in [4.78, 5) is 37.8. The predicted molar refractivity (Wildman–Crippen MR) is 113 cm³/mol. The van der Waals surface area contributed by atoms with Crippen molar-refractivity contribution in [1.29, 1.82) is 0 Å². The number of furan rings is 1. The zero-order valence-corrected chi connectivity index (χ0v) is 17.1. The molecule has 0 saturated heterocycles. The lowest BCUT2D eigenvalue weighted by Crippen LogP contribution is -2.25. The SMILES string of the molecule is CCOC(=O)c1oc2ccccc2c1COC(=O)c1nn(CC)c(=O)c2ccccc12. The molecule has 0 bridgehead atoms. The topological polar surface area (TPSA) is 101 Å². The number of esters is 2. The van der Waals surface area contributed by atoms with E-state index in [4.69, 9.17) is 13.9 Å². The molecule has 0 aliphatic carbocycles. The molecule has 0 aliphatic rings. The molecular weight excluding hydrogens is 400 g/mol. The van der Waals surface area contributed by atoms with E-state index in [1.807, 2.05) is 0 Å². The van der Waals surface area contributed by atoms with Gasteiger partial charge in [0.1, 0.15) is 12.2 Å². The molecule has 0 radical (unpaired) electrons. The number of hydrogen-bond acceptors (Lipinski definition) is 7. The number of aromatic nitrogens is 2. The number of hydrogen-bond donors (Lipinski definition) is 0. The Kier molecular flexibility index (Phi) is 5.53. The van der Waals surface area contributed by atoms with E-state index >= 15 is 0 Å². The predicted octanol–water partition coefficient (Wildman–Crippen LogP) is 3.70. The molecule has 2 aromatic heterocycles. The minimum Gasteiger partial charge on any atom is -0.460 e. The van der Waals surface area contributed by atoms with Crippen molar-refractivity contribution in [2.45, 2.75) is 27.0 Å². The molecular formula is C23H20N2O6. The van der Waals surface area contributed by atoms with E-state index in [0.29, 0.717) is 33.8 Å². The van der Waals surface area contributed by atoms with Crippen molar-refractivity contribution in [2.24, 2.45) is 0 Å². The number of ether oxygens (including phenoxy) is 2. The molecule has 2 heterocycles. The van der Waals surface area contributed by atoms with Gasteiger partial charge in [-0.1, -0.05) is 36.4 Å². The third-order valence-corrected chi connectivity index (χ3v) is 4.87. The number of para-hydroxylation sites is 1. The van der Waals surface area contributed by atoms with Crippen LogP contribution in [0.3, 0.4) is 0 Å². The number of rotatable bonds is 6. The van der Waals surface area contributed by atoms with Crippen LogP contribution in [0.1, 0.15) is 40.5 Å². The van der Waals surface area contributed by atoms with E-state index in [1.165, 1.54) is 4.68 Å². The Hall–Kier alpha value is -3.94. The fraction of sp³-hybridized carbons (Fsp3) is 0.217. The first-order chi connectivity index (χ1) is 15.0. The van der Waals surface area contributed by atoms with E-state index < -0.39 is 11.9 Å².